The van der Waals surface area contributed by atoms with E-state index in [4.69, 9.17) is 16.3 Å². The third kappa shape index (κ3) is 12.4. The number of ether oxygens (including phenoxy) is 1. The Balaban J connectivity index is 1.41. The third-order valence-corrected chi connectivity index (χ3v) is 8.04. The molecule has 0 radical (unpaired) electrons. The maximum atomic E-state index is 12.7. The van der Waals surface area contributed by atoms with Gasteiger partial charge in [-0.1, -0.05) is 115 Å². The van der Waals surface area contributed by atoms with Crippen molar-refractivity contribution in [3.63, 3.8) is 0 Å². The van der Waals surface area contributed by atoms with Gasteiger partial charge in [-0.3, -0.25) is 0 Å². The van der Waals surface area contributed by atoms with Gasteiger partial charge in [0.25, 0.3) is 0 Å². The molecular weight excluding hydrogens is 528 g/mol. The van der Waals surface area contributed by atoms with Gasteiger partial charge in [0.2, 0.25) is 0 Å². The number of carbonyl (C=O) groups excluding carboxylic acids is 1. The van der Waals surface area contributed by atoms with Gasteiger partial charge >= 0.3 is 5.97 Å². The Morgan fingerprint density at radius 1 is 0.683 bits per heavy atom. The zero-order chi connectivity index (χ0) is 29.1. The molecule has 0 aliphatic heterocycles. The van der Waals surface area contributed by atoms with Crippen molar-refractivity contribution in [2.45, 2.75) is 123 Å². The number of aryl methyl sites for hydroxylation is 2. The molecule has 1 heterocycles. The molecule has 1 aromatic heterocycles. The molecule has 0 saturated heterocycles. The molecule has 0 atom stereocenters. The topological polar surface area (TPSA) is 52.1 Å². The lowest BCUT2D eigenvalue weighted by molar-refractivity contribution is 0.0734. The predicted octanol–water partition coefficient (Wildman–Crippen LogP) is 11.0. The third-order valence-electron chi connectivity index (χ3n) is 7.69. The van der Waals surface area contributed by atoms with Gasteiger partial charge < -0.3 is 4.74 Å². The summed E-state index contributed by atoms with van der Waals surface area (Å²) in [6.07, 6.45) is 25.2. The van der Waals surface area contributed by atoms with Crippen LogP contribution in [0, 0.1) is 0 Å². The molecule has 0 amide bonds. The van der Waals surface area contributed by atoms with Crippen LogP contribution < -0.4 is 4.74 Å². The van der Waals surface area contributed by atoms with Gasteiger partial charge in [-0.25, -0.2) is 14.8 Å². The summed E-state index contributed by atoms with van der Waals surface area (Å²) in [5.74, 6) is 0.739. The lowest BCUT2D eigenvalue weighted by atomic mass is 10.0. The molecule has 0 fully saturated rings. The Labute approximate surface area is 253 Å². The van der Waals surface area contributed by atoms with Crippen molar-refractivity contribution in [2.75, 3.05) is 0 Å². The molecule has 0 unspecified atom stereocenters. The molecule has 0 bridgehead atoms. The minimum atomic E-state index is -0.413. The fourth-order valence-electron chi connectivity index (χ4n) is 5.08. The van der Waals surface area contributed by atoms with E-state index in [0.29, 0.717) is 22.2 Å². The highest BCUT2D eigenvalue weighted by Gasteiger charge is 2.12. The summed E-state index contributed by atoms with van der Waals surface area (Å²) in [4.78, 5) is 21.9. The summed E-state index contributed by atoms with van der Waals surface area (Å²) in [7, 11) is 0. The first kappa shape index (κ1) is 32.8. The molecular formula is C36H49ClN2O2. The zero-order valence-electron chi connectivity index (χ0n) is 25.3. The molecule has 0 N–H and O–H groups in total. The lowest BCUT2D eigenvalue weighted by Gasteiger charge is -2.09. The van der Waals surface area contributed by atoms with E-state index in [1.165, 1.54) is 95.5 Å². The smallest absolute Gasteiger partial charge is 0.343 e. The predicted molar refractivity (Wildman–Crippen MR) is 172 cm³/mol. The Bertz CT molecular complexity index is 1150. The molecule has 4 nitrogen and oxygen atoms in total. The van der Waals surface area contributed by atoms with Crippen LogP contribution >= 0.6 is 11.6 Å². The van der Waals surface area contributed by atoms with Crippen LogP contribution in [0.4, 0.5) is 0 Å². The zero-order valence-corrected chi connectivity index (χ0v) is 26.1. The molecule has 0 aliphatic carbocycles. The highest BCUT2D eigenvalue weighted by molar-refractivity contribution is 6.31. The Kier molecular flexibility index (Phi) is 15.5. The van der Waals surface area contributed by atoms with E-state index in [1.54, 1.807) is 18.2 Å². The van der Waals surface area contributed by atoms with Crippen LogP contribution in [-0.4, -0.2) is 15.9 Å². The van der Waals surface area contributed by atoms with E-state index in [2.05, 4.69) is 23.8 Å². The molecule has 5 heteroatoms. The molecule has 0 spiro atoms. The van der Waals surface area contributed by atoms with E-state index in [9.17, 15) is 4.79 Å². The van der Waals surface area contributed by atoms with Gasteiger partial charge in [0, 0.05) is 23.0 Å². The second-order valence-corrected chi connectivity index (χ2v) is 11.6. The van der Waals surface area contributed by atoms with Crippen molar-refractivity contribution in [3.05, 3.63) is 76.6 Å². The number of esters is 1. The van der Waals surface area contributed by atoms with Crippen LogP contribution in [0.2, 0.25) is 5.02 Å². The van der Waals surface area contributed by atoms with Crippen molar-refractivity contribution in [1.29, 1.82) is 0 Å². The highest BCUT2D eigenvalue weighted by atomic mass is 35.5. The fraction of sp³-hybridized carbons (Fsp3) is 0.528. The number of benzene rings is 2. The Morgan fingerprint density at radius 3 is 1.78 bits per heavy atom. The molecule has 222 valence electrons. The first-order valence-corrected chi connectivity index (χ1v) is 16.4. The number of aromatic nitrogens is 2. The molecule has 0 saturated carbocycles. The summed E-state index contributed by atoms with van der Waals surface area (Å²) >= 11 is 6.50. The first-order valence-electron chi connectivity index (χ1n) is 16.0. The monoisotopic (exact) mass is 576 g/mol. The van der Waals surface area contributed by atoms with E-state index >= 15 is 0 Å². The summed E-state index contributed by atoms with van der Waals surface area (Å²) in [5.41, 5.74) is 3.61. The normalized spacial score (nSPS) is 11.1. The van der Waals surface area contributed by atoms with Crippen LogP contribution in [0.1, 0.15) is 132 Å². The van der Waals surface area contributed by atoms with Gasteiger partial charge in [-0.2, -0.15) is 0 Å². The summed E-state index contributed by atoms with van der Waals surface area (Å²) in [6, 6.07) is 12.8. The van der Waals surface area contributed by atoms with Gasteiger partial charge in [0.1, 0.15) is 5.75 Å². The number of hydrogen-bond donors (Lipinski definition) is 0. The van der Waals surface area contributed by atoms with Crippen LogP contribution in [0.5, 0.6) is 5.75 Å². The van der Waals surface area contributed by atoms with Crippen molar-refractivity contribution >= 4 is 17.6 Å². The number of hydrogen-bond acceptors (Lipinski definition) is 4. The maximum absolute atomic E-state index is 12.7. The van der Waals surface area contributed by atoms with E-state index in [0.717, 1.165) is 30.4 Å². The highest BCUT2D eigenvalue weighted by Crippen LogP contribution is 2.24. The average molecular weight is 577 g/mol. The van der Waals surface area contributed by atoms with Crippen molar-refractivity contribution < 1.29 is 9.53 Å². The average Bonchev–Trinajstić information content (AvgIpc) is 2.99. The number of rotatable bonds is 20. The molecule has 3 aromatic rings. The number of halogens is 1. The van der Waals surface area contributed by atoms with Crippen LogP contribution in [0.3, 0.4) is 0 Å². The quantitative estimate of drug-likeness (QED) is 0.0762. The first-order chi connectivity index (χ1) is 20.1. The van der Waals surface area contributed by atoms with Crippen LogP contribution in [0.25, 0.3) is 11.4 Å². The number of carbonyl (C=O) groups is 1. The standard InChI is InChI=1S/C36H49ClN2O2/c1-3-5-7-9-11-13-14-16-18-29-27-38-35(39-28-29)31-22-24-33(25-23-31)41-36(40)32-21-20-30(34(37)26-32)19-17-15-12-10-8-6-4-2/h20-28H,3-19H2,1-2H3. The fourth-order valence-corrected chi connectivity index (χ4v) is 5.36. The second kappa shape index (κ2) is 19.4. The molecule has 3 rings (SSSR count). The van der Waals surface area contributed by atoms with Crippen LogP contribution in [0.15, 0.2) is 54.9 Å². The second-order valence-electron chi connectivity index (χ2n) is 11.2. The van der Waals surface area contributed by atoms with Gasteiger partial charge in [0.15, 0.2) is 5.82 Å². The summed E-state index contributed by atoms with van der Waals surface area (Å²) in [6.45, 7) is 4.50. The lowest BCUT2D eigenvalue weighted by Crippen LogP contribution is -2.08. The van der Waals surface area contributed by atoms with Gasteiger partial charge in [-0.05, 0) is 73.2 Å². The Hall–Kier alpha value is -2.72. The summed E-state index contributed by atoms with van der Waals surface area (Å²) in [5, 5.41) is 0.629. The minimum Gasteiger partial charge on any atom is -0.423 e. The maximum Gasteiger partial charge on any atom is 0.343 e. The van der Waals surface area contributed by atoms with E-state index in [-0.39, 0.29) is 0 Å². The van der Waals surface area contributed by atoms with E-state index in [1.807, 2.05) is 36.7 Å². The largest absolute Gasteiger partial charge is 0.423 e. The number of unbranched alkanes of at least 4 members (excludes halogenated alkanes) is 13. The van der Waals surface area contributed by atoms with Crippen LogP contribution in [-0.2, 0) is 12.8 Å². The summed E-state index contributed by atoms with van der Waals surface area (Å²) < 4.78 is 5.60. The van der Waals surface area contributed by atoms with Crippen molar-refractivity contribution in [2.24, 2.45) is 0 Å². The number of nitrogens with zero attached hydrogens (tertiary/aromatic N) is 2. The van der Waals surface area contributed by atoms with Crippen molar-refractivity contribution in [3.8, 4) is 17.1 Å². The Morgan fingerprint density at radius 2 is 1.22 bits per heavy atom. The molecule has 2 aromatic carbocycles. The van der Waals surface area contributed by atoms with E-state index < -0.39 is 5.97 Å². The molecule has 41 heavy (non-hydrogen) atoms. The van der Waals surface area contributed by atoms with Gasteiger partial charge in [-0.15, -0.1) is 0 Å². The van der Waals surface area contributed by atoms with Gasteiger partial charge in [0.05, 0.1) is 5.56 Å². The SMILES string of the molecule is CCCCCCCCCCc1cnc(-c2ccc(OC(=O)c3ccc(CCCCCCCCC)c(Cl)c3)cc2)nc1. The molecule has 0 aliphatic rings. The van der Waals surface area contributed by atoms with Crippen molar-refractivity contribution in [1.82, 2.24) is 9.97 Å². The minimum absolute atomic E-state index is 0.413.